The molecular formula is C17H30O2Si. The summed E-state index contributed by atoms with van der Waals surface area (Å²) in [7, 11) is 0.138. The number of unbranched alkanes of at least 4 members (excludes halogenated alkanes) is 1. The van der Waals surface area contributed by atoms with Crippen LogP contribution in [0.1, 0.15) is 39.2 Å². The zero-order chi connectivity index (χ0) is 15.2. The lowest BCUT2D eigenvalue weighted by Gasteiger charge is -2.36. The van der Waals surface area contributed by atoms with Gasteiger partial charge in [-0.1, -0.05) is 32.9 Å². The van der Waals surface area contributed by atoms with E-state index < -0.39 is 8.32 Å². The van der Waals surface area contributed by atoms with E-state index in [4.69, 9.17) is 9.16 Å². The van der Waals surface area contributed by atoms with Gasteiger partial charge in [0.05, 0.1) is 7.11 Å². The maximum atomic E-state index is 6.19. The van der Waals surface area contributed by atoms with Gasteiger partial charge in [0.1, 0.15) is 5.75 Å². The highest BCUT2D eigenvalue weighted by Crippen LogP contribution is 2.36. The Balaban J connectivity index is 2.25. The second-order valence-electron chi connectivity index (χ2n) is 6.91. The zero-order valence-corrected chi connectivity index (χ0v) is 15.0. The molecule has 0 spiro atoms. The van der Waals surface area contributed by atoms with Gasteiger partial charge < -0.3 is 9.16 Å². The SMILES string of the molecule is COc1ccc(CCCCO[Si](C)(C)C(C)(C)C)cc1. The Labute approximate surface area is 125 Å². The summed E-state index contributed by atoms with van der Waals surface area (Å²) in [6.07, 6.45) is 3.43. The van der Waals surface area contributed by atoms with Crippen molar-refractivity contribution in [2.24, 2.45) is 0 Å². The van der Waals surface area contributed by atoms with E-state index in [9.17, 15) is 0 Å². The fraction of sp³-hybridized carbons (Fsp3) is 0.647. The lowest BCUT2D eigenvalue weighted by Crippen LogP contribution is -2.40. The summed E-state index contributed by atoms with van der Waals surface area (Å²) >= 11 is 0. The standard InChI is InChI=1S/C17H30O2Si/c1-17(2,3)20(5,6)19-14-8-7-9-15-10-12-16(18-4)13-11-15/h10-13H,7-9,14H2,1-6H3. The Hall–Kier alpha value is -0.803. The first kappa shape index (κ1) is 17.2. The maximum Gasteiger partial charge on any atom is 0.191 e. The van der Waals surface area contributed by atoms with E-state index in [2.05, 4.69) is 46.0 Å². The Kier molecular flexibility index (Phi) is 6.27. The number of hydrogen-bond donors (Lipinski definition) is 0. The number of benzene rings is 1. The summed E-state index contributed by atoms with van der Waals surface area (Å²) in [6, 6.07) is 8.35. The minimum Gasteiger partial charge on any atom is -0.497 e. The normalized spacial score (nSPS) is 12.5. The van der Waals surface area contributed by atoms with Gasteiger partial charge in [0, 0.05) is 6.61 Å². The fourth-order valence-electron chi connectivity index (χ4n) is 1.77. The van der Waals surface area contributed by atoms with E-state index in [1.165, 1.54) is 12.0 Å². The van der Waals surface area contributed by atoms with Crippen molar-refractivity contribution in [1.29, 1.82) is 0 Å². The summed E-state index contributed by atoms with van der Waals surface area (Å²) in [5.74, 6) is 0.926. The monoisotopic (exact) mass is 294 g/mol. The van der Waals surface area contributed by atoms with Crippen LogP contribution in [0.5, 0.6) is 5.75 Å². The number of rotatable bonds is 7. The van der Waals surface area contributed by atoms with Crippen molar-refractivity contribution in [1.82, 2.24) is 0 Å². The van der Waals surface area contributed by atoms with Crippen LogP contribution >= 0.6 is 0 Å². The van der Waals surface area contributed by atoms with E-state index in [1.54, 1.807) is 7.11 Å². The van der Waals surface area contributed by atoms with Crippen LogP contribution in [0.4, 0.5) is 0 Å². The van der Waals surface area contributed by atoms with Crippen molar-refractivity contribution in [3.8, 4) is 5.75 Å². The molecule has 0 fully saturated rings. The van der Waals surface area contributed by atoms with Crippen LogP contribution < -0.4 is 4.74 Å². The van der Waals surface area contributed by atoms with Crippen LogP contribution in [-0.4, -0.2) is 22.0 Å². The molecule has 0 atom stereocenters. The van der Waals surface area contributed by atoms with Gasteiger partial charge in [-0.25, -0.2) is 0 Å². The molecule has 1 aromatic rings. The predicted molar refractivity (Wildman–Crippen MR) is 89.1 cm³/mol. The lowest BCUT2D eigenvalue weighted by atomic mass is 10.1. The van der Waals surface area contributed by atoms with Crippen molar-refractivity contribution >= 4 is 8.32 Å². The molecule has 0 aliphatic rings. The highest BCUT2D eigenvalue weighted by atomic mass is 28.4. The number of ether oxygens (including phenoxy) is 1. The predicted octanol–water partition coefficient (Wildman–Crippen LogP) is 5.04. The van der Waals surface area contributed by atoms with Gasteiger partial charge >= 0.3 is 0 Å². The van der Waals surface area contributed by atoms with Crippen LogP contribution in [0, 0.1) is 0 Å². The van der Waals surface area contributed by atoms with E-state index in [0.29, 0.717) is 5.04 Å². The minimum atomic E-state index is -1.56. The van der Waals surface area contributed by atoms with Crippen LogP contribution in [0.2, 0.25) is 18.1 Å². The Morgan fingerprint density at radius 3 is 2.10 bits per heavy atom. The zero-order valence-electron chi connectivity index (χ0n) is 14.0. The van der Waals surface area contributed by atoms with E-state index >= 15 is 0 Å². The summed E-state index contributed by atoms with van der Waals surface area (Å²) in [5.41, 5.74) is 1.37. The molecule has 2 nitrogen and oxygen atoms in total. The molecule has 0 saturated carbocycles. The van der Waals surface area contributed by atoms with Crippen LogP contribution in [0.25, 0.3) is 0 Å². The molecular weight excluding hydrogens is 264 g/mol. The molecule has 1 aromatic carbocycles. The fourth-order valence-corrected chi connectivity index (χ4v) is 2.85. The molecule has 0 heterocycles. The Morgan fingerprint density at radius 2 is 1.60 bits per heavy atom. The molecule has 0 radical (unpaired) electrons. The molecule has 0 N–H and O–H groups in total. The van der Waals surface area contributed by atoms with Crippen LogP contribution in [0.3, 0.4) is 0 Å². The second-order valence-corrected chi connectivity index (χ2v) is 11.7. The first-order chi connectivity index (χ1) is 9.26. The first-order valence-electron chi connectivity index (χ1n) is 7.53. The summed E-state index contributed by atoms with van der Waals surface area (Å²) in [4.78, 5) is 0. The number of aryl methyl sites for hydroxylation is 1. The molecule has 3 heteroatoms. The molecule has 0 saturated heterocycles. The highest BCUT2D eigenvalue weighted by molar-refractivity contribution is 6.74. The molecule has 114 valence electrons. The number of hydrogen-bond acceptors (Lipinski definition) is 2. The average molecular weight is 295 g/mol. The molecule has 0 bridgehead atoms. The van der Waals surface area contributed by atoms with Crippen molar-refractivity contribution in [2.45, 2.75) is 58.2 Å². The van der Waals surface area contributed by atoms with Crippen molar-refractivity contribution in [2.75, 3.05) is 13.7 Å². The Bertz CT molecular complexity index is 390. The highest BCUT2D eigenvalue weighted by Gasteiger charge is 2.36. The third kappa shape index (κ3) is 5.29. The molecule has 20 heavy (non-hydrogen) atoms. The summed E-state index contributed by atoms with van der Waals surface area (Å²) in [6.45, 7) is 12.4. The largest absolute Gasteiger partial charge is 0.497 e. The van der Waals surface area contributed by atoms with Gasteiger partial charge in [0.25, 0.3) is 0 Å². The van der Waals surface area contributed by atoms with Gasteiger partial charge in [0.2, 0.25) is 0 Å². The Morgan fingerprint density at radius 1 is 1.00 bits per heavy atom. The third-order valence-corrected chi connectivity index (χ3v) is 8.83. The van der Waals surface area contributed by atoms with Crippen LogP contribution in [-0.2, 0) is 10.8 Å². The van der Waals surface area contributed by atoms with Gasteiger partial charge in [0.15, 0.2) is 8.32 Å². The van der Waals surface area contributed by atoms with E-state index in [0.717, 1.165) is 25.2 Å². The lowest BCUT2D eigenvalue weighted by molar-refractivity contribution is 0.279. The first-order valence-corrected chi connectivity index (χ1v) is 10.4. The van der Waals surface area contributed by atoms with Crippen molar-refractivity contribution in [3.05, 3.63) is 29.8 Å². The summed E-state index contributed by atoms with van der Waals surface area (Å²) < 4.78 is 11.4. The second kappa shape index (κ2) is 7.28. The minimum absolute atomic E-state index is 0.309. The van der Waals surface area contributed by atoms with Gasteiger partial charge in [-0.15, -0.1) is 0 Å². The average Bonchev–Trinajstić information content (AvgIpc) is 2.37. The van der Waals surface area contributed by atoms with Gasteiger partial charge in [-0.05, 0) is 55.1 Å². The van der Waals surface area contributed by atoms with E-state index in [1.807, 2.05) is 12.1 Å². The molecule has 0 amide bonds. The topological polar surface area (TPSA) is 18.5 Å². The molecule has 0 aromatic heterocycles. The van der Waals surface area contributed by atoms with Crippen molar-refractivity contribution < 1.29 is 9.16 Å². The smallest absolute Gasteiger partial charge is 0.191 e. The maximum absolute atomic E-state index is 6.19. The van der Waals surface area contributed by atoms with Crippen molar-refractivity contribution in [3.63, 3.8) is 0 Å². The molecule has 0 aliphatic carbocycles. The van der Waals surface area contributed by atoms with Crippen LogP contribution in [0.15, 0.2) is 24.3 Å². The molecule has 1 rings (SSSR count). The van der Waals surface area contributed by atoms with Gasteiger partial charge in [-0.3, -0.25) is 0 Å². The number of methoxy groups -OCH3 is 1. The summed E-state index contributed by atoms with van der Waals surface area (Å²) in [5, 5.41) is 0.309. The van der Waals surface area contributed by atoms with Gasteiger partial charge in [-0.2, -0.15) is 0 Å². The quantitative estimate of drug-likeness (QED) is 0.518. The third-order valence-electron chi connectivity index (χ3n) is 4.29. The molecule has 0 unspecified atom stereocenters. The molecule has 0 aliphatic heterocycles. The van der Waals surface area contributed by atoms with E-state index in [-0.39, 0.29) is 0 Å².